The number of hydrogen-bond donors (Lipinski definition) is 1. The maximum atomic E-state index is 12.3. The highest BCUT2D eigenvalue weighted by Gasteiger charge is 2.53. The second-order valence-corrected chi connectivity index (χ2v) is 7.71. The van der Waals surface area contributed by atoms with Crippen molar-refractivity contribution in [1.82, 2.24) is 5.32 Å². The van der Waals surface area contributed by atoms with Gasteiger partial charge in [0.15, 0.2) is 0 Å². The van der Waals surface area contributed by atoms with Gasteiger partial charge in [-0.15, -0.1) is 0 Å². The summed E-state index contributed by atoms with van der Waals surface area (Å²) < 4.78 is 0. The van der Waals surface area contributed by atoms with Crippen molar-refractivity contribution in [2.45, 2.75) is 43.9 Å². The minimum Gasteiger partial charge on any atom is -0.288 e. The van der Waals surface area contributed by atoms with Gasteiger partial charge in [-0.1, -0.05) is 12.1 Å². The Balaban J connectivity index is 1.69. The average molecular weight is 281 g/mol. The van der Waals surface area contributed by atoms with Crippen LogP contribution in [-0.2, 0) is 5.41 Å². The number of benzene rings is 1. The van der Waals surface area contributed by atoms with Gasteiger partial charge in [-0.2, -0.15) is 0 Å². The first-order valence-electron chi connectivity index (χ1n) is 8.14. The van der Waals surface area contributed by atoms with Crippen molar-refractivity contribution in [1.29, 1.82) is 0 Å². The van der Waals surface area contributed by atoms with Gasteiger partial charge in [-0.25, -0.2) is 0 Å². The number of carbonyl (C=O) groups excluding carboxylic acids is 2. The van der Waals surface area contributed by atoms with E-state index in [0.717, 1.165) is 17.8 Å². The third-order valence-electron chi connectivity index (χ3n) is 6.37. The van der Waals surface area contributed by atoms with Crippen LogP contribution in [0.4, 0.5) is 0 Å². The third-order valence-corrected chi connectivity index (χ3v) is 6.37. The molecule has 0 aromatic heterocycles. The van der Waals surface area contributed by atoms with Crippen LogP contribution in [0.1, 0.15) is 64.8 Å². The molecule has 1 aromatic rings. The molecule has 0 radical (unpaired) electrons. The number of hydrogen-bond acceptors (Lipinski definition) is 2. The minimum atomic E-state index is -0.221. The first-order chi connectivity index (χ1) is 10.1. The molecule has 0 saturated heterocycles. The van der Waals surface area contributed by atoms with Gasteiger partial charge in [0.05, 0.1) is 11.1 Å². The number of nitrogens with one attached hydrogen (secondary N) is 1. The summed E-state index contributed by atoms with van der Waals surface area (Å²) in [6.07, 6.45) is 7.82. The van der Waals surface area contributed by atoms with Gasteiger partial charge in [-0.3, -0.25) is 14.9 Å². The van der Waals surface area contributed by atoms with E-state index in [2.05, 4.69) is 11.4 Å². The Bertz CT molecular complexity index is 641. The predicted molar refractivity (Wildman–Crippen MR) is 78.1 cm³/mol. The Morgan fingerprint density at radius 2 is 1.52 bits per heavy atom. The lowest BCUT2D eigenvalue weighted by molar-refractivity contribution is -0.00551. The number of carbonyl (C=O) groups is 2. The molecule has 1 aliphatic heterocycles. The first-order valence-corrected chi connectivity index (χ1v) is 8.14. The zero-order valence-electron chi connectivity index (χ0n) is 12.0. The molecular formula is C18H19NO2. The van der Waals surface area contributed by atoms with Crippen molar-refractivity contribution in [2.75, 3.05) is 0 Å². The predicted octanol–water partition coefficient (Wildman–Crippen LogP) is 3.04. The van der Waals surface area contributed by atoms with Crippen molar-refractivity contribution < 1.29 is 9.59 Å². The average Bonchev–Trinajstić information content (AvgIpc) is 2.73. The molecular weight excluding hydrogens is 262 g/mol. The number of rotatable bonds is 1. The summed E-state index contributed by atoms with van der Waals surface area (Å²) in [7, 11) is 0. The molecule has 21 heavy (non-hydrogen) atoms. The van der Waals surface area contributed by atoms with Crippen LogP contribution in [0.3, 0.4) is 0 Å². The van der Waals surface area contributed by atoms with Gasteiger partial charge >= 0.3 is 0 Å². The normalized spacial score (nSPS) is 39.5. The molecule has 0 unspecified atom stereocenters. The van der Waals surface area contributed by atoms with E-state index in [1.807, 2.05) is 6.07 Å². The molecule has 108 valence electrons. The molecule has 4 saturated carbocycles. The van der Waals surface area contributed by atoms with Crippen LogP contribution in [0.2, 0.25) is 0 Å². The lowest BCUT2D eigenvalue weighted by Crippen LogP contribution is -2.49. The molecule has 4 fully saturated rings. The quantitative estimate of drug-likeness (QED) is 0.804. The Morgan fingerprint density at radius 1 is 0.905 bits per heavy atom. The van der Waals surface area contributed by atoms with Gasteiger partial charge in [0, 0.05) is 0 Å². The molecule has 0 spiro atoms. The van der Waals surface area contributed by atoms with Gasteiger partial charge in [0.2, 0.25) is 0 Å². The highest BCUT2D eigenvalue weighted by atomic mass is 16.2. The van der Waals surface area contributed by atoms with E-state index in [4.69, 9.17) is 0 Å². The Labute approximate surface area is 124 Å². The fourth-order valence-corrected chi connectivity index (χ4v) is 6.10. The van der Waals surface area contributed by atoms with E-state index in [0.29, 0.717) is 11.1 Å². The van der Waals surface area contributed by atoms with Gasteiger partial charge < -0.3 is 0 Å². The fourth-order valence-electron chi connectivity index (χ4n) is 6.10. The Hall–Kier alpha value is -1.64. The van der Waals surface area contributed by atoms with E-state index < -0.39 is 0 Å². The van der Waals surface area contributed by atoms with Crippen molar-refractivity contribution in [3.8, 4) is 0 Å². The smallest absolute Gasteiger partial charge is 0.259 e. The summed E-state index contributed by atoms with van der Waals surface area (Å²) in [4.78, 5) is 24.2. The second-order valence-electron chi connectivity index (χ2n) is 7.71. The molecule has 3 nitrogen and oxygen atoms in total. The van der Waals surface area contributed by atoms with Crippen molar-refractivity contribution in [2.24, 2.45) is 17.8 Å². The lowest BCUT2D eigenvalue weighted by atomic mass is 9.47. The molecule has 3 heteroatoms. The third kappa shape index (κ3) is 1.49. The number of fused-ring (bicyclic) bond motifs is 1. The minimum absolute atomic E-state index is 0.169. The molecule has 1 N–H and O–H groups in total. The molecule has 2 amide bonds. The van der Waals surface area contributed by atoms with Crippen LogP contribution in [-0.4, -0.2) is 11.8 Å². The maximum absolute atomic E-state index is 12.3. The summed E-state index contributed by atoms with van der Waals surface area (Å²) in [6.45, 7) is 0. The van der Waals surface area contributed by atoms with E-state index in [1.165, 1.54) is 44.1 Å². The molecule has 4 aliphatic carbocycles. The van der Waals surface area contributed by atoms with Gasteiger partial charge in [0.1, 0.15) is 0 Å². The van der Waals surface area contributed by atoms with Crippen LogP contribution in [0, 0.1) is 17.8 Å². The zero-order valence-corrected chi connectivity index (χ0v) is 12.0. The highest BCUT2D eigenvalue weighted by Crippen LogP contribution is 2.61. The van der Waals surface area contributed by atoms with Gasteiger partial charge in [0.25, 0.3) is 11.8 Å². The zero-order chi connectivity index (χ0) is 14.2. The molecule has 0 atom stereocenters. The van der Waals surface area contributed by atoms with Crippen molar-refractivity contribution in [3.05, 3.63) is 34.9 Å². The van der Waals surface area contributed by atoms with Crippen LogP contribution < -0.4 is 5.32 Å². The number of imide groups is 1. The monoisotopic (exact) mass is 281 g/mol. The Morgan fingerprint density at radius 3 is 2.14 bits per heavy atom. The Kier molecular flexibility index (Phi) is 2.14. The van der Waals surface area contributed by atoms with Crippen LogP contribution >= 0.6 is 0 Å². The SMILES string of the molecule is O=C1NC(=O)c2c1cccc2C12CC3CC(CC(C3)C1)C2. The summed E-state index contributed by atoms with van der Waals surface area (Å²) in [5.74, 6) is 2.12. The van der Waals surface area contributed by atoms with Crippen LogP contribution in [0.25, 0.3) is 0 Å². The summed E-state index contributed by atoms with van der Waals surface area (Å²) >= 11 is 0. The van der Waals surface area contributed by atoms with Crippen LogP contribution in [0.15, 0.2) is 18.2 Å². The first kappa shape index (κ1) is 12.0. The van der Waals surface area contributed by atoms with E-state index in [1.54, 1.807) is 6.07 Å². The van der Waals surface area contributed by atoms with E-state index in [9.17, 15) is 9.59 Å². The van der Waals surface area contributed by atoms with Crippen molar-refractivity contribution in [3.63, 3.8) is 0 Å². The number of amides is 2. The maximum Gasteiger partial charge on any atom is 0.259 e. The van der Waals surface area contributed by atoms with Gasteiger partial charge in [-0.05, 0) is 73.3 Å². The molecule has 1 heterocycles. The molecule has 5 aliphatic rings. The van der Waals surface area contributed by atoms with Crippen molar-refractivity contribution >= 4 is 11.8 Å². The standard InChI is InChI=1S/C18H19NO2/c20-16-13-2-1-3-14(15(13)17(21)19-16)18-7-10-4-11(8-18)6-12(5-10)9-18/h1-3,10-12H,4-9H2,(H,19,20,21). The fraction of sp³-hybridized carbons (Fsp3) is 0.556. The molecule has 1 aromatic carbocycles. The molecule has 6 rings (SSSR count). The second kappa shape index (κ2) is 3.76. The topological polar surface area (TPSA) is 46.2 Å². The summed E-state index contributed by atoms with van der Waals surface area (Å²) in [5.41, 5.74) is 2.61. The van der Waals surface area contributed by atoms with E-state index in [-0.39, 0.29) is 17.2 Å². The largest absolute Gasteiger partial charge is 0.288 e. The molecule has 4 bridgehead atoms. The lowest BCUT2D eigenvalue weighted by Gasteiger charge is -2.57. The van der Waals surface area contributed by atoms with E-state index >= 15 is 0 Å². The van der Waals surface area contributed by atoms with Crippen LogP contribution in [0.5, 0.6) is 0 Å². The summed E-state index contributed by atoms with van der Waals surface area (Å²) in [5, 5.41) is 2.48. The highest BCUT2D eigenvalue weighted by molar-refractivity contribution is 6.22. The summed E-state index contributed by atoms with van der Waals surface area (Å²) in [6, 6.07) is 5.87.